The lowest BCUT2D eigenvalue weighted by atomic mass is 9.99. The van der Waals surface area contributed by atoms with Crippen LogP contribution in [0.15, 0.2) is 36.4 Å². The highest BCUT2D eigenvalue weighted by atomic mass is 35.5. The Morgan fingerprint density at radius 3 is 2.81 bits per heavy atom. The van der Waals surface area contributed by atoms with Crippen molar-refractivity contribution in [2.45, 2.75) is 18.9 Å². The van der Waals surface area contributed by atoms with Crippen LogP contribution in [-0.2, 0) is 17.6 Å². The van der Waals surface area contributed by atoms with Crippen molar-refractivity contribution in [1.82, 2.24) is 0 Å². The van der Waals surface area contributed by atoms with Crippen LogP contribution in [0.2, 0.25) is 5.02 Å². The van der Waals surface area contributed by atoms with Crippen molar-refractivity contribution in [3.63, 3.8) is 0 Å². The largest absolute Gasteiger partial charge is 0.481 e. The number of aliphatic carboxylic acids is 1. The summed E-state index contributed by atoms with van der Waals surface area (Å²) in [5.74, 6) is 0.234. The van der Waals surface area contributed by atoms with Gasteiger partial charge in [0, 0.05) is 17.0 Å². The SMILES string of the molecule is O=C(O)Cc1ccc2c(c1)[C@H](O)Cc1ccc(Cl)cc1O2. The summed E-state index contributed by atoms with van der Waals surface area (Å²) in [5, 5.41) is 19.8. The molecule has 0 bridgehead atoms. The summed E-state index contributed by atoms with van der Waals surface area (Å²) in [6.45, 7) is 0. The Labute approximate surface area is 126 Å². The number of hydrogen-bond donors (Lipinski definition) is 2. The van der Waals surface area contributed by atoms with Gasteiger partial charge >= 0.3 is 5.97 Å². The molecular weight excluding hydrogens is 292 g/mol. The van der Waals surface area contributed by atoms with E-state index >= 15 is 0 Å². The van der Waals surface area contributed by atoms with Gasteiger partial charge in [0.15, 0.2) is 0 Å². The molecule has 1 atom stereocenters. The Bertz CT molecular complexity index is 711. The second-order valence-electron chi connectivity index (χ2n) is 5.02. The fourth-order valence-electron chi connectivity index (χ4n) is 2.46. The minimum atomic E-state index is -0.908. The van der Waals surface area contributed by atoms with E-state index in [0.29, 0.717) is 34.1 Å². The summed E-state index contributed by atoms with van der Waals surface area (Å²) in [7, 11) is 0. The van der Waals surface area contributed by atoms with Crippen LogP contribution in [0.5, 0.6) is 11.5 Å². The number of ether oxygens (including phenoxy) is 1. The van der Waals surface area contributed by atoms with Gasteiger partial charge in [-0.25, -0.2) is 0 Å². The summed E-state index contributed by atoms with van der Waals surface area (Å²) >= 11 is 5.97. The van der Waals surface area contributed by atoms with Crippen molar-refractivity contribution >= 4 is 17.6 Å². The zero-order valence-electron chi connectivity index (χ0n) is 11.0. The van der Waals surface area contributed by atoms with Crippen molar-refractivity contribution in [3.05, 3.63) is 58.1 Å². The van der Waals surface area contributed by atoms with Gasteiger partial charge in [-0.2, -0.15) is 0 Å². The lowest BCUT2D eigenvalue weighted by Gasteiger charge is -2.12. The first-order valence-electron chi connectivity index (χ1n) is 6.52. The summed E-state index contributed by atoms with van der Waals surface area (Å²) in [6.07, 6.45) is -0.425. The second-order valence-corrected chi connectivity index (χ2v) is 5.45. The highest BCUT2D eigenvalue weighted by Crippen LogP contribution is 2.39. The molecule has 0 amide bonds. The number of halogens is 1. The molecule has 108 valence electrons. The molecule has 2 N–H and O–H groups in total. The maximum Gasteiger partial charge on any atom is 0.307 e. The number of carboxylic acid groups (broad SMARTS) is 1. The molecular formula is C16H13ClO4. The quantitative estimate of drug-likeness (QED) is 0.893. The molecule has 1 aliphatic rings. The van der Waals surface area contributed by atoms with Crippen molar-refractivity contribution in [2.75, 3.05) is 0 Å². The molecule has 0 saturated carbocycles. The van der Waals surface area contributed by atoms with Crippen LogP contribution in [0.25, 0.3) is 0 Å². The number of carboxylic acids is 1. The molecule has 2 aromatic carbocycles. The van der Waals surface area contributed by atoms with Crippen molar-refractivity contribution < 1.29 is 19.7 Å². The summed E-state index contributed by atoms with van der Waals surface area (Å²) in [6, 6.07) is 10.3. The van der Waals surface area contributed by atoms with Gasteiger partial charge in [0.05, 0.1) is 12.5 Å². The minimum Gasteiger partial charge on any atom is -0.481 e. The van der Waals surface area contributed by atoms with E-state index in [-0.39, 0.29) is 6.42 Å². The molecule has 4 nitrogen and oxygen atoms in total. The topological polar surface area (TPSA) is 66.8 Å². The number of hydrogen-bond acceptors (Lipinski definition) is 3. The second kappa shape index (κ2) is 5.39. The van der Waals surface area contributed by atoms with Crippen LogP contribution in [0.1, 0.15) is 22.8 Å². The number of benzene rings is 2. The third-order valence-electron chi connectivity index (χ3n) is 3.45. The predicted molar refractivity (Wildman–Crippen MR) is 78.0 cm³/mol. The van der Waals surface area contributed by atoms with E-state index < -0.39 is 12.1 Å². The molecule has 1 aliphatic heterocycles. The van der Waals surface area contributed by atoms with Crippen LogP contribution < -0.4 is 4.74 Å². The van der Waals surface area contributed by atoms with E-state index in [1.807, 2.05) is 6.07 Å². The van der Waals surface area contributed by atoms with E-state index in [0.717, 1.165) is 5.56 Å². The fourth-order valence-corrected chi connectivity index (χ4v) is 2.63. The van der Waals surface area contributed by atoms with E-state index in [9.17, 15) is 9.90 Å². The molecule has 1 heterocycles. The number of carbonyl (C=O) groups is 1. The highest BCUT2D eigenvalue weighted by Gasteiger charge is 2.22. The molecule has 0 radical (unpaired) electrons. The summed E-state index contributed by atoms with van der Waals surface area (Å²) < 4.78 is 5.82. The molecule has 21 heavy (non-hydrogen) atoms. The third-order valence-corrected chi connectivity index (χ3v) is 3.69. The first kappa shape index (κ1) is 13.9. The van der Waals surface area contributed by atoms with E-state index in [1.165, 1.54) is 0 Å². The van der Waals surface area contributed by atoms with Crippen LogP contribution in [-0.4, -0.2) is 16.2 Å². The highest BCUT2D eigenvalue weighted by molar-refractivity contribution is 6.30. The van der Waals surface area contributed by atoms with Crippen molar-refractivity contribution in [3.8, 4) is 11.5 Å². The minimum absolute atomic E-state index is 0.0845. The van der Waals surface area contributed by atoms with Gasteiger partial charge < -0.3 is 14.9 Å². The Morgan fingerprint density at radius 1 is 1.24 bits per heavy atom. The third kappa shape index (κ3) is 2.86. The molecule has 5 heteroatoms. The van der Waals surface area contributed by atoms with Gasteiger partial charge in [-0.3, -0.25) is 4.79 Å². The monoisotopic (exact) mass is 304 g/mol. The van der Waals surface area contributed by atoms with Gasteiger partial charge in [-0.1, -0.05) is 23.7 Å². The average Bonchev–Trinajstić information content (AvgIpc) is 2.55. The van der Waals surface area contributed by atoms with E-state index in [2.05, 4.69) is 0 Å². The van der Waals surface area contributed by atoms with E-state index in [4.69, 9.17) is 21.4 Å². The molecule has 0 spiro atoms. The molecule has 0 aliphatic carbocycles. The van der Waals surface area contributed by atoms with Gasteiger partial charge in [-0.05, 0) is 35.4 Å². The van der Waals surface area contributed by atoms with Gasteiger partial charge in [0.1, 0.15) is 11.5 Å². The standard InChI is InChI=1S/C16H13ClO4/c17-11-3-2-10-7-13(18)12-5-9(6-16(19)20)1-4-14(12)21-15(10)8-11/h1-5,8,13,18H,6-7H2,(H,19,20)/t13-/m1/s1. The lowest BCUT2D eigenvalue weighted by Crippen LogP contribution is -2.04. The fraction of sp³-hybridized carbons (Fsp3) is 0.188. The Morgan fingerprint density at radius 2 is 2.05 bits per heavy atom. The summed E-state index contributed by atoms with van der Waals surface area (Å²) in [4.78, 5) is 10.8. The van der Waals surface area contributed by atoms with Gasteiger partial charge in [0.25, 0.3) is 0 Å². The lowest BCUT2D eigenvalue weighted by molar-refractivity contribution is -0.136. The van der Waals surface area contributed by atoms with Crippen LogP contribution >= 0.6 is 11.6 Å². The molecule has 2 aromatic rings. The normalized spacial score (nSPS) is 16.4. The summed E-state index contributed by atoms with van der Waals surface area (Å²) in [5.41, 5.74) is 2.09. The first-order valence-corrected chi connectivity index (χ1v) is 6.89. The number of aliphatic hydroxyl groups excluding tert-OH is 1. The molecule has 0 saturated heterocycles. The van der Waals surface area contributed by atoms with Crippen LogP contribution in [0.3, 0.4) is 0 Å². The molecule has 3 rings (SSSR count). The maximum atomic E-state index is 10.8. The van der Waals surface area contributed by atoms with Crippen molar-refractivity contribution in [2.24, 2.45) is 0 Å². The zero-order valence-corrected chi connectivity index (χ0v) is 11.8. The Balaban J connectivity index is 2.02. The molecule has 0 fully saturated rings. The average molecular weight is 305 g/mol. The van der Waals surface area contributed by atoms with Crippen molar-refractivity contribution in [1.29, 1.82) is 0 Å². The molecule has 0 aromatic heterocycles. The van der Waals surface area contributed by atoms with Crippen LogP contribution in [0, 0.1) is 0 Å². The first-order chi connectivity index (χ1) is 10.0. The smallest absolute Gasteiger partial charge is 0.307 e. The van der Waals surface area contributed by atoms with E-state index in [1.54, 1.807) is 30.3 Å². The Kier molecular flexibility index (Phi) is 3.57. The Hall–Kier alpha value is -2.04. The molecule has 0 unspecified atom stereocenters. The zero-order chi connectivity index (χ0) is 15.0. The number of rotatable bonds is 2. The van der Waals surface area contributed by atoms with Crippen LogP contribution in [0.4, 0.5) is 0 Å². The number of fused-ring (bicyclic) bond motifs is 2. The number of aliphatic hydroxyl groups is 1. The predicted octanol–water partition coefficient (Wildman–Crippen LogP) is 3.35. The maximum absolute atomic E-state index is 10.8. The van der Waals surface area contributed by atoms with Gasteiger partial charge in [-0.15, -0.1) is 0 Å². The van der Waals surface area contributed by atoms with Gasteiger partial charge in [0.2, 0.25) is 0 Å².